The lowest BCUT2D eigenvalue weighted by Crippen LogP contribution is -2.37. The standard InChI is InChI=1S/C19H26N4O3/c1-13-16(19(25)26-4)10-15(11-20)18(21-13)23-9-5-6-14(12-23)7-8-17(24)22(2)3/h10,14H,5-9,12H2,1-4H3/t14-/m0/s1. The van der Waals surface area contributed by atoms with Gasteiger partial charge in [0.25, 0.3) is 0 Å². The number of piperidine rings is 1. The molecule has 0 bridgehead atoms. The minimum absolute atomic E-state index is 0.135. The van der Waals surface area contributed by atoms with Gasteiger partial charge in [-0.15, -0.1) is 0 Å². The highest BCUT2D eigenvalue weighted by molar-refractivity contribution is 5.91. The zero-order valence-electron chi connectivity index (χ0n) is 15.9. The molecule has 0 aliphatic carbocycles. The van der Waals surface area contributed by atoms with Crippen molar-refractivity contribution < 1.29 is 14.3 Å². The third-order valence-electron chi connectivity index (χ3n) is 4.80. The van der Waals surface area contributed by atoms with E-state index in [4.69, 9.17) is 4.74 Å². The Hall–Kier alpha value is -2.62. The molecule has 7 nitrogen and oxygen atoms in total. The highest BCUT2D eigenvalue weighted by atomic mass is 16.5. The molecule has 1 aromatic rings. The van der Waals surface area contributed by atoms with E-state index in [1.807, 2.05) is 0 Å². The van der Waals surface area contributed by atoms with Gasteiger partial charge in [-0.05, 0) is 38.2 Å². The molecule has 26 heavy (non-hydrogen) atoms. The van der Waals surface area contributed by atoms with Gasteiger partial charge in [-0.25, -0.2) is 9.78 Å². The number of aromatic nitrogens is 1. The van der Waals surface area contributed by atoms with Crippen molar-refractivity contribution in [2.24, 2.45) is 5.92 Å². The van der Waals surface area contributed by atoms with Crippen LogP contribution in [-0.2, 0) is 9.53 Å². The molecule has 0 radical (unpaired) electrons. The van der Waals surface area contributed by atoms with E-state index in [9.17, 15) is 14.9 Å². The predicted octanol–water partition coefficient (Wildman–Crippen LogP) is 2.13. The maximum Gasteiger partial charge on any atom is 0.339 e. The first-order valence-electron chi connectivity index (χ1n) is 8.82. The largest absolute Gasteiger partial charge is 0.465 e. The van der Waals surface area contributed by atoms with Crippen LogP contribution in [0.2, 0.25) is 0 Å². The quantitative estimate of drug-likeness (QED) is 0.750. The van der Waals surface area contributed by atoms with Gasteiger partial charge in [0.2, 0.25) is 5.91 Å². The summed E-state index contributed by atoms with van der Waals surface area (Å²) in [6, 6.07) is 3.70. The number of carbonyl (C=O) groups is 2. The Morgan fingerprint density at radius 2 is 2.19 bits per heavy atom. The number of ether oxygens (including phenoxy) is 1. The number of aryl methyl sites for hydroxylation is 1. The summed E-state index contributed by atoms with van der Waals surface area (Å²) in [5, 5.41) is 9.50. The summed E-state index contributed by atoms with van der Waals surface area (Å²) in [5.74, 6) is 0.649. The lowest BCUT2D eigenvalue weighted by atomic mass is 9.93. The van der Waals surface area contributed by atoms with E-state index in [1.165, 1.54) is 7.11 Å². The van der Waals surface area contributed by atoms with Crippen LogP contribution in [0.25, 0.3) is 0 Å². The van der Waals surface area contributed by atoms with E-state index in [-0.39, 0.29) is 5.91 Å². The van der Waals surface area contributed by atoms with Crippen LogP contribution in [0.3, 0.4) is 0 Å². The topological polar surface area (TPSA) is 86.5 Å². The predicted molar refractivity (Wildman–Crippen MR) is 97.9 cm³/mol. The average molecular weight is 358 g/mol. The molecular formula is C19H26N4O3. The zero-order chi connectivity index (χ0) is 19.3. The number of pyridine rings is 1. The van der Waals surface area contributed by atoms with Gasteiger partial charge in [0, 0.05) is 33.6 Å². The number of anilines is 1. The Morgan fingerprint density at radius 1 is 1.46 bits per heavy atom. The summed E-state index contributed by atoms with van der Waals surface area (Å²) in [4.78, 5) is 31.9. The molecule has 2 rings (SSSR count). The van der Waals surface area contributed by atoms with Gasteiger partial charge in [0.15, 0.2) is 0 Å². The molecule has 1 aromatic heterocycles. The van der Waals surface area contributed by atoms with Crippen molar-refractivity contribution >= 4 is 17.7 Å². The fourth-order valence-electron chi connectivity index (χ4n) is 3.28. The third-order valence-corrected chi connectivity index (χ3v) is 4.80. The van der Waals surface area contributed by atoms with Crippen LogP contribution in [0.15, 0.2) is 6.07 Å². The summed E-state index contributed by atoms with van der Waals surface area (Å²) >= 11 is 0. The minimum Gasteiger partial charge on any atom is -0.465 e. The normalized spacial score (nSPS) is 16.7. The van der Waals surface area contributed by atoms with Crippen molar-refractivity contribution in [3.63, 3.8) is 0 Å². The van der Waals surface area contributed by atoms with Crippen molar-refractivity contribution in [1.82, 2.24) is 9.88 Å². The van der Waals surface area contributed by atoms with Crippen LogP contribution in [0, 0.1) is 24.2 Å². The maximum absolute atomic E-state index is 11.8. The number of hydrogen-bond acceptors (Lipinski definition) is 6. The first-order valence-corrected chi connectivity index (χ1v) is 8.82. The second kappa shape index (κ2) is 8.65. The Bertz CT molecular complexity index is 724. The molecule has 7 heteroatoms. The van der Waals surface area contributed by atoms with Gasteiger partial charge in [0.1, 0.15) is 11.9 Å². The molecule has 0 N–H and O–H groups in total. The number of methoxy groups -OCH3 is 1. The van der Waals surface area contributed by atoms with E-state index >= 15 is 0 Å². The van der Waals surface area contributed by atoms with Crippen LogP contribution in [-0.4, -0.2) is 56.1 Å². The monoisotopic (exact) mass is 358 g/mol. The fraction of sp³-hybridized carbons (Fsp3) is 0.579. The Balaban J connectivity index is 2.17. The second-order valence-corrected chi connectivity index (χ2v) is 6.88. The van der Waals surface area contributed by atoms with Crippen LogP contribution < -0.4 is 4.90 Å². The van der Waals surface area contributed by atoms with Crippen LogP contribution in [0.4, 0.5) is 5.82 Å². The number of esters is 1. The number of rotatable bonds is 5. The lowest BCUT2D eigenvalue weighted by Gasteiger charge is -2.34. The van der Waals surface area contributed by atoms with Gasteiger partial charge < -0.3 is 14.5 Å². The van der Waals surface area contributed by atoms with Gasteiger partial charge in [-0.3, -0.25) is 4.79 Å². The van der Waals surface area contributed by atoms with Gasteiger partial charge in [-0.2, -0.15) is 5.26 Å². The Morgan fingerprint density at radius 3 is 2.81 bits per heavy atom. The first kappa shape index (κ1) is 19.7. The van der Waals surface area contributed by atoms with Crippen LogP contribution >= 0.6 is 0 Å². The van der Waals surface area contributed by atoms with Gasteiger partial charge in [-0.1, -0.05) is 0 Å². The molecule has 1 aliphatic rings. The highest BCUT2D eigenvalue weighted by Crippen LogP contribution is 2.28. The van der Waals surface area contributed by atoms with E-state index < -0.39 is 5.97 Å². The summed E-state index contributed by atoms with van der Waals surface area (Å²) in [6.07, 6.45) is 3.42. The molecule has 1 saturated heterocycles. The number of hydrogen-bond donors (Lipinski definition) is 0. The molecule has 2 heterocycles. The first-order chi connectivity index (χ1) is 12.4. The SMILES string of the molecule is COC(=O)c1cc(C#N)c(N2CCC[C@@H](CCC(=O)N(C)C)C2)nc1C. The van der Waals surface area contributed by atoms with E-state index in [0.29, 0.717) is 35.0 Å². The highest BCUT2D eigenvalue weighted by Gasteiger charge is 2.25. The van der Waals surface area contributed by atoms with Gasteiger partial charge >= 0.3 is 5.97 Å². The average Bonchev–Trinajstić information content (AvgIpc) is 2.65. The van der Waals surface area contributed by atoms with E-state index in [0.717, 1.165) is 32.4 Å². The van der Waals surface area contributed by atoms with Crippen molar-refractivity contribution in [3.05, 3.63) is 22.9 Å². The van der Waals surface area contributed by atoms with Crippen molar-refractivity contribution in [1.29, 1.82) is 5.26 Å². The van der Waals surface area contributed by atoms with Crippen molar-refractivity contribution in [3.8, 4) is 6.07 Å². The molecule has 0 spiro atoms. The number of nitrogens with zero attached hydrogens (tertiary/aromatic N) is 4. The van der Waals surface area contributed by atoms with Crippen molar-refractivity contribution in [2.45, 2.75) is 32.6 Å². The molecule has 1 amide bonds. The smallest absolute Gasteiger partial charge is 0.339 e. The molecular weight excluding hydrogens is 332 g/mol. The summed E-state index contributed by atoms with van der Waals surface area (Å²) < 4.78 is 4.75. The molecule has 0 saturated carbocycles. The van der Waals surface area contributed by atoms with Crippen molar-refractivity contribution in [2.75, 3.05) is 39.2 Å². The number of carbonyl (C=O) groups excluding carboxylic acids is 2. The molecule has 1 aliphatic heterocycles. The lowest BCUT2D eigenvalue weighted by molar-refractivity contribution is -0.129. The number of nitriles is 1. The minimum atomic E-state index is -0.489. The second-order valence-electron chi connectivity index (χ2n) is 6.88. The molecule has 0 aromatic carbocycles. The van der Waals surface area contributed by atoms with Crippen LogP contribution in [0.1, 0.15) is 47.3 Å². The fourth-order valence-corrected chi connectivity index (χ4v) is 3.28. The zero-order valence-corrected chi connectivity index (χ0v) is 15.9. The van der Waals surface area contributed by atoms with Gasteiger partial charge in [0.05, 0.1) is 23.9 Å². The summed E-state index contributed by atoms with van der Waals surface area (Å²) in [7, 11) is 4.85. The Labute approximate surface area is 154 Å². The third kappa shape index (κ3) is 4.51. The number of amides is 1. The Kier molecular flexibility index (Phi) is 6.56. The van der Waals surface area contributed by atoms with Crippen LogP contribution in [0.5, 0.6) is 0 Å². The molecule has 140 valence electrons. The van der Waals surface area contributed by atoms with E-state index in [1.54, 1.807) is 32.0 Å². The summed E-state index contributed by atoms with van der Waals surface area (Å²) in [6.45, 7) is 3.32. The summed E-state index contributed by atoms with van der Waals surface area (Å²) in [5.41, 5.74) is 1.25. The molecule has 0 unspecified atom stereocenters. The molecule has 1 atom stereocenters. The van der Waals surface area contributed by atoms with E-state index in [2.05, 4.69) is 16.0 Å². The molecule has 1 fully saturated rings. The maximum atomic E-state index is 11.8.